The third kappa shape index (κ3) is 7.23. The van der Waals surface area contributed by atoms with Crippen molar-refractivity contribution in [3.8, 4) is 0 Å². The largest absolute Gasteiger partial charge is 0.377 e. The second-order valence-corrected chi connectivity index (χ2v) is 11.0. The Labute approximate surface area is 216 Å². The van der Waals surface area contributed by atoms with E-state index in [1.165, 1.54) is 37.7 Å². The van der Waals surface area contributed by atoms with E-state index >= 15 is 0 Å². The van der Waals surface area contributed by atoms with Crippen LogP contribution in [0, 0.1) is 5.92 Å². The second kappa shape index (κ2) is 12.6. The minimum absolute atomic E-state index is 0.172. The monoisotopic (exact) mass is 490 g/mol. The Kier molecular flexibility index (Phi) is 9.27. The molecule has 0 unspecified atom stereocenters. The molecule has 2 aliphatic heterocycles. The fourth-order valence-electron chi connectivity index (χ4n) is 5.13. The van der Waals surface area contributed by atoms with Gasteiger partial charge in [0.25, 0.3) is 0 Å². The van der Waals surface area contributed by atoms with E-state index in [0.717, 1.165) is 46.5 Å². The van der Waals surface area contributed by atoms with Crippen molar-refractivity contribution in [1.29, 1.82) is 0 Å². The quantitative estimate of drug-likeness (QED) is 0.490. The fourth-order valence-corrected chi connectivity index (χ4v) is 5.13. The molecule has 0 saturated heterocycles. The molecule has 5 rings (SSSR count). The van der Waals surface area contributed by atoms with Crippen molar-refractivity contribution >= 4 is 22.9 Å². The van der Waals surface area contributed by atoms with Crippen LogP contribution in [0.15, 0.2) is 30.3 Å². The molecule has 3 aliphatic rings. The van der Waals surface area contributed by atoms with Gasteiger partial charge in [0.15, 0.2) is 5.82 Å². The molecule has 1 aromatic heterocycles. The highest BCUT2D eigenvalue weighted by atomic mass is 16.5. The lowest BCUT2D eigenvalue weighted by Gasteiger charge is -2.22. The Bertz CT molecular complexity index is 1050. The van der Waals surface area contributed by atoms with Crippen molar-refractivity contribution in [2.75, 3.05) is 25.1 Å². The van der Waals surface area contributed by atoms with Crippen LogP contribution in [-0.4, -0.2) is 40.4 Å². The van der Waals surface area contributed by atoms with Crippen molar-refractivity contribution in [2.24, 2.45) is 5.92 Å². The summed E-state index contributed by atoms with van der Waals surface area (Å²) in [6, 6.07) is 8.88. The molecule has 0 radical (unpaired) electrons. The van der Waals surface area contributed by atoms with Gasteiger partial charge in [-0.1, -0.05) is 58.2 Å². The van der Waals surface area contributed by atoms with Crippen LogP contribution in [-0.2, 0) is 22.6 Å². The lowest BCUT2D eigenvalue weighted by atomic mass is 9.84. The lowest BCUT2D eigenvalue weighted by molar-refractivity contribution is -0.118. The predicted octanol–water partition coefficient (Wildman–Crippen LogP) is 6.64. The summed E-state index contributed by atoms with van der Waals surface area (Å²) in [5, 5.41) is 3.57. The normalized spacial score (nSPS) is 18.3. The molecule has 0 spiro atoms. The molecular weight excluding hydrogens is 448 g/mol. The summed E-state index contributed by atoms with van der Waals surface area (Å²) < 4.78 is 5.47. The highest BCUT2D eigenvalue weighted by Gasteiger charge is 2.27. The molecule has 1 aliphatic carbocycles. The highest BCUT2D eigenvalue weighted by molar-refractivity contribution is 5.77. The van der Waals surface area contributed by atoms with Crippen LogP contribution in [0.2, 0.25) is 0 Å². The molecule has 194 valence electrons. The number of carbonyl (C=O) groups excluding carboxylic acids is 1. The summed E-state index contributed by atoms with van der Waals surface area (Å²) in [5.74, 6) is 3.34. The number of hydrogen-bond acceptors (Lipinski definition) is 6. The number of fused-ring (bicyclic) bond motifs is 1. The number of nitrogens with zero attached hydrogens (tertiary/aromatic N) is 3. The van der Waals surface area contributed by atoms with E-state index in [1.54, 1.807) is 6.92 Å². The van der Waals surface area contributed by atoms with E-state index < -0.39 is 0 Å². The Hall–Kier alpha value is -2.57. The van der Waals surface area contributed by atoms with Crippen molar-refractivity contribution in [3.05, 3.63) is 53.0 Å². The Balaban J connectivity index is 0.000000709. The molecule has 36 heavy (non-hydrogen) atoms. The molecule has 0 bridgehead atoms. The van der Waals surface area contributed by atoms with Crippen LogP contribution in [0.1, 0.15) is 94.8 Å². The SMILES string of the molecule is CC(=O)CN1Cc2nc(C3=CCOCC3)nc(Nc3ccc(C4CCCCC4)cc3)c2C1.CC(C)C. The molecule has 6 nitrogen and oxygen atoms in total. The molecule has 0 amide bonds. The molecule has 1 aromatic carbocycles. The third-order valence-electron chi connectivity index (χ3n) is 6.79. The van der Waals surface area contributed by atoms with Gasteiger partial charge in [0.2, 0.25) is 0 Å². The number of hydrogen-bond donors (Lipinski definition) is 1. The van der Waals surface area contributed by atoms with Gasteiger partial charge >= 0.3 is 0 Å². The number of aromatic nitrogens is 2. The van der Waals surface area contributed by atoms with Gasteiger partial charge in [-0.05, 0) is 61.3 Å². The zero-order valence-corrected chi connectivity index (χ0v) is 22.5. The molecule has 6 heteroatoms. The van der Waals surface area contributed by atoms with E-state index in [-0.39, 0.29) is 5.78 Å². The van der Waals surface area contributed by atoms with Gasteiger partial charge in [-0.3, -0.25) is 9.69 Å². The smallest absolute Gasteiger partial charge is 0.157 e. The first-order chi connectivity index (χ1) is 17.4. The molecular formula is C30H42N4O2. The van der Waals surface area contributed by atoms with Gasteiger partial charge in [0.1, 0.15) is 11.6 Å². The summed E-state index contributed by atoms with van der Waals surface area (Å²) in [6.45, 7) is 11.3. The maximum atomic E-state index is 11.7. The third-order valence-corrected chi connectivity index (χ3v) is 6.79. The summed E-state index contributed by atoms with van der Waals surface area (Å²) in [5.41, 5.74) is 5.75. The van der Waals surface area contributed by atoms with E-state index in [9.17, 15) is 4.79 Å². The molecule has 1 fully saturated rings. The highest BCUT2D eigenvalue weighted by Crippen LogP contribution is 2.34. The molecule has 2 aromatic rings. The standard InChI is InChI=1S/C26H32N4O2.C4H10/c1-18(31)15-30-16-23-24(17-30)28-25(21-11-13-32-14-12-21)29-26(23)27-22-9-7-20(8-10-22)19-5-3-2-4-6-19;1-4(2)3/h7-11,19H,2-6,12-17H2,1H3,(H,27,28,29);4H,1-3H3. The van der Waals surface area contributed by atoms with Gasteiger partial charge in [0.05, 0.1) is 25.5 Å². The first kappa shape index (κ1) is 26.5. The van der Waals surface area contributed by atoms with Gasteiger partial charge in [-0.15, -0.1) is 0 Å². The topological polar surface area (TPSA) is 67.4 Å². The van der Waals surface area contributed by atoms with E-state index in [0.29, 0.717) is 38.8 Å². The van der Waals surface area contributed by atoms with Crippen LogP contribution in [0.4, 0.5) is 11.5 Å². The second-order valence-electron chi connectivity index (χ2n) is 11.0. The number of ether oxygens (including phenoxy) is 1. The molecule has 0 atom stereocenters. The van der Waals surface area contributed by atoms with E-state index in [2.05, 4.69) is 61.3 Å². The van der Waals surface area contributed by atoms with Crippen molar-refractivity contribution in [1.82, 2.24) is 14.9 Å². The van der Waals surface area contributed by atoms with E-state index in [1.807, 2.05) is 0 Å². The van der Waals surface area contributed by atoms with Crippen LogP contribution in [0.5, 0.6) is 0 Å². The summed E-state index contributed by atoms with van der Waals surface area (Å²) in [6.07, 6.45) is 9.58. The maximum absolute atomic E-state index is 11.7. The number of Topliss-reactive ketones (excluding diaryl/α,β-unsaturated/α-hetero) is 1. The number of benzene rings is 1. The Morgan fingerprint density at radius 2 is 1.81 bits per heavy atom. The number of ketones is 1. The van der Waals surface area contributed by atoms with Crippen molar-refractivity contribution in [3.63, 3.8) is 0 Å². The lowest BCUT2D eigenvalue weighted by Crippen LogP contribution is -2.22. The van der Waals surface area contributed by atoms with E-state index in [4.69, 9.17) is 14.7 Å². The zero-order valence-electron chi connectivity index (χ0n) is 22.5. The predicted molar refractivity (Wildman–Crippen MR) is 146 cm³/mol. The number of rotatable bonds is 6. The average molecular weight is 491 g/mol. The molecule has 3 heterocycles. The van der Waals surface area contributed by atoms with Crippen LogP contribution in [0.25, 0.3) is 5.57 Å². The summed E-state index contributed by atoms with van der Waals surface area (Å²) in [7, 11) is 0. The summed E-state index contributed by atoms with van der Waals surface area (Å²) in [4.78, 5) is 23.6. The van der Waals surface area contributed by atoms with Crippen molar-refractivity contribution in [2.45, 2.75) is 85.2 Å². The average Bonchev–Trinajstić information content (AvgIpc) is 3.27. The fraction of sp³-hybridized carbons (Fsp3) is 0.567. The summed E-state index contributed by atoms with van der Waals surface area (Å²) >= 11 is 0. The van der Waals surface area contributed by atoms with Crippen molar-refractivity contribution < 1.29 is 9.53 Å². The van der Waals surface area contributed by atoms with Crippen LogP contribution >= 0.6 is 0 Å². The first-order valence-electron chi connectivity index (χ1n) is 13.6. The first-order valence-corrected chi connectivity index (χ1v) is 13.6. The number of nitrogens with one attached hydrogen (secondary N) is 1. The minimum Gasteiger partial charge on any atom is -0.377 e. The Morgan fingerprint density at radius 3 is 2.44 bits per heavy atom. The van der Waals surface area contributed by atoms with Gasteiger partial charge in [-0.2, -0.15) is 0 Å². The van der Waals surface area contributed by atoms with Gasteiger partial charge in [-0.25, -0.2) is 9.97 Å². The molecule has 1 N–H and O–H groups in total. The maximum Gasteiger partial charge on any atom is 0.157 e. The van der Waals surface area contributed by atoms with Gasteiger partial charge < -0.3 is 10.1 Å². The minimum atomic E-state index is 0.172. The van der Waals surface area contributed by atoms with Crippen LogP contribution < -0.4 is 5.32 Å². The van der Waals surface area contributed by atoms with Gasteiger partial charge in [0, 0.05) is 24.3 Å². The number of anilines is 2. The number of carbonyl (C=O) groups is 1. The van der Waals surface area contributed by atoms with Crippen LogP contribution in [0.3, 0.4) is 0 Å². The zero-order chi connectivity index (χ0) is 25.5. The molecule has 1 saturated carbocycles. The Morgan fingerprint density at radius 1 is 1.08 bits per heavy atom.